The molecule has 1 aromatic rings. The van der Waals surface area contributed by atoms with Gasteiger partial charge >= 0.3 is 6.09 Å². The van der Waals surface area contributed by atoms with Gasteiger partial charge in [0.1, 0.15) is 11.4 Å². The van der Waals surface area contributed by atoms with Crippen LogP contribution in [0.3, 0.4) is 0 Å². The van der Waals surface area contributed by atoms with E-state index in [4.69, 9.17) is 9.26 Å². The molecule has 1 saturated heterocycles. The number of carbonyl (C=O) groups is 2. The maximum absolute atomic E-state index is 12.9. The zero-order chi connectivity index (χ0) is 19.4. The molecule has 2 fully saturated rings. The molecule has 2 heterocycles. The maximum Gasteiger partial charge on any atom is 0.410 e. The lowest BCUT2D eigenvalue weighted by Gasteiger charge is -2.35. The lowest BCUT2D eigenvalue weighted by atomic mass is 9.87. The number of amides is 1. The number of carbonyl (C=O) groups excluding carboxylic acids is 2. The second-order valence-electron chi connectivity index (χ2n) is 8.88. The number of aromatic nitrogens is 1. The van der Waals surface area contributed by atoms with E-state index in [0.717, 1.165) is 31.4 Å². The fourth-order valence-electron chi connectivity index (χ4n) is 4.10. The summed E-state index contributed by atoms with van der Waals surface area (Å²) in [6, 6.07) is 1.51. The van der Waals surface area contributed by atoms with Gasteiger partial charge in [0.15, 0.2) is 5.78 Å². The van der Waals surface area contributed by atoms with Gasteiger partial charge in [0.05, 0.1) is 18.2 Å². The van der Waals surface area contributed by atoms with Gasteiger partial charge in [-0.2, -0.15) is 0 Å². The van der Waals surface area contributed by atoms with E-state index in [2.05, 4.69) is 5.16 Å². The Balaban J connectivity index is 1.63. The van der Waals surface area contributed by atoms with E-state index in [0.29, 0.717) is 24.6 Å². The average Bonchev–Trinajstić information content (AvgIpc) is 3.09. The summed E-state index contributed by atoms with van der Waals surface area (Å²) in [7, 11) is 0. The average molecular weight is 376 g/mol. The zero-order valence-electron chi connectivity index (χ0n) is 16.8. The minimum atomic E-state index is -0.568. The van der Waals surface area contributed by atoms with Crippen molar-refractivity contribution in [2.75, 3.05) is 6.54 Å². The number of nitrogens with zero attached hydrogens (tertiary/aromatic N) is 2. The van der Waals surface area contributed by atoms with Crippen molar-refractivity contribution in [3.63, 3.8) is 0 Å². The number of likely N-dealkylation sites (tertiary alicyclic amines) is 1. The van der Waals surface area contributed by atoms with Crippen molar-refractivity contribution >= 4 is 11.9 Å². The molecule has 1 aliphatic carbocycles. The van der Waals surface area contributed by atoms with Crippen LogP contribution in [0, 0.1) is 0 Å². The van der Waals surface area contributed by atoms with Crippen LogP contribution in [0.15, 0.2) is 10.6 Å². The van der Waals surface area contributed by atoms with Gasteiger partial charge in [0.2, 0.25) is 0 Å². The van der Waals surface area contributed by atoms with Crippen LogP contribution >= 0.6 is 0 Å². The first-order chi connectivity index (χ1) is 12.8. The molecule has 1 amide bonds. The first-order valence-corrected chi connectivity index (χ1v) is 10.3. The summed E-state index contributed by atoms with van der Waals surface area (Å²) in [5, 5.41) is 4.21. The fraction of sp³-hybridized carbons (Fsp3) is 0.762. The van der Waals surface area contributed by atoms with Crippen molar-refractivity contribution in [1.29, 1.82) is 0 Å². The smallest absolute Gasteiger partial charge is 0.410 e. The number of Topliss-reactive ketones (excluding diaryl/α,β-unsaturated/α-hetero) is 1. The highest BCUT2D eigenvalue weighted by molar-refractivity contribution is 5.89. The van der Waals surface area contributed by atoms with E-state index >= 15 is 0 Å². The van der Waals surface area contributed by atoms with Crippen LogP contribution in [0.25, 0.3) is 0 Å². The number of hydrogen-bond acceptors (Lipinski definition) is 5. The van der Waals surface area contributed by atoms with Crippen LogP contribution in [-0.2, 0) is 16.0 Å². The van der Waals surface area contributed by atoms with Gasteiger partial charge < -0.3 is 9.26 Å². The van der Waals surface area contributed by atoms with E-state index in [1.807, 2.05) is 26.8 Å². The molecule has 2 aliphatic rings. The molecule has 6 heteroatoms. The van der Waals surface area contributed by atoms with Crippen LogP contribution < -0.4 is 0 Å². The minimum Gasteiger partial charge on any atom is -0.444 e. The predicted octanol–water partition coefficient (Wildman–Crippen LogP) is 4.62. The van der Waals surface area contributed by atoms with Crippen molar-refractivity contribution in [3.05, 3.63) is 17.5 Å². The second kappa shape index (κ2) is 8.44. The number of piperidine rings is 1. The van der Waals surface area contributed by atoms with Crippen LogP contribution in [-0.4, -0.2) is 40.1 Å². The Morgan fingerprint density at radius 1 is 1.15 bits per heavy atom. The lowest BCUT2D eigenvalue weighted by Crippen LogP contribution is -2.50. The second-order valence-corrected chi connectivity index (χ2v) is 8.88. The van der Waals surface area contributed by atoms with E-state index in [1.165, 1.54) is 19.3 Å². The molecule has 1 saturated carbocycles. The first-order valence-electron chi connectivity index (χ1n) is 10.3. The molecule has 1 aliphatic heterocycles. The molecule has 1 atom stereocenters. The van der Waals surface area contributed by atoms with Gasteiger partial charge in [-0.3, -0.25) is 9.69 Å². The Bertz CT molecular complexity index is 655. The van der Waals surface area contributed by atoms with Crippen LogP contribution in [0.2, 0.25) is 0 Å². The summed E-state index contributed by atoms with van der Waals surface area (Å²) in [4.78, 5) is 27.0. The van der Waals surface area contributed by atoms with E-state index in [9.17, 15) is 9.59 Å². The lowest BCUT2D eigenvalue weighted by molar-refractivity contribution is -0.125. The van der Waals surface area contributed by atoms with E-state index < -0.39 is 17.7 Å². The fourth-order valence-corrected chi connectivity index (χ4v) is 4.10. The molecule has 0 N–H and O–H groups in total. The van der Waals surface area contributed by atoms with Gasteiger partial charge in [0.25, 0.3) is 0 Å². The third kappa shape index (κ3) is 5.33. The molecule has 0 bridgehead atoms. The molecule has 0 radical (unpaired) electrons. The molecule has 3 rings (SSSR count). The predicted molar refractivity (Wildman–Crippen MR) is 102 cm³/mol. The van der Waals surface area contributed by atoms with Crippen molar-refractivity contribution in [2.24, 2.45) is 0 Å². The Kier molecular flexibility index (Phi) is 6.22. The third-order valence-electron chi connectivity index (χ3n) is 5.45. The maximum atomic E-state index is 12.9. The van der Waals surface area contributed by atoms with Crippen molar-refractivity contribution in [1.82, 2.24) is 10.1 Å². The van der Waals surface area contributed by atoms with Crippen molar-refractivity contribution in [3.8, 4) is 0 Å². The van der Waals surface area contributed by atoms with Crippen LogP contribution in [0.5, 0.6) is 0 Å². The zero-order valence-corrected chi connectivity index (χ0v) is 16.8. The van der Waals surface area contributed by atoms with Crippen LogP contribution in [0.1, 0.15) is 89.5 Å². The van der Waals surface area contributed by atoms with Gasteiger partial charge in [-0.1, -0.05) is 24.4 Å². The van der Waals surface area contributed by atoms with E-state index in [1.54, 1.807) is 4.90 Å². The number of ether oxygens (including phenoxy) is 1. The Morgan fingerprint density at radius 3 is 2.56 bits per heavy atom. The molecule has 150 valence electrons. The summed E-state index contributed by atoms with van der Waals surface area (Å²) < 4.78 is 10.9. The number of ketones is 1. The highest BCUT2D eigenvalue weighted by Gasteiger charge is 2.35. The Labute approximate surface area is 161 Å². The molecule has 0 aromatic carbocycles. The Morgan fingerprint density at radius 2 is 1.85 bits per heavy atom. The molecule has 0 spiro atoms. The highest BCUT2D eigenvalue weighted by atomic mass is 16.6. The molecule has 27 heavy (non-hydrogen) atoms. The molecular weight excluding hydrogens is 344 g/mol. The molecule has 1 aromatic heterocycles. The van der Waals surface area contributed by atoms with Crippen molar-refractivity contribution < 1.29 is 18.8 Å². The normalized spacial score (nSPS) is 21.9. The molecule has 6 nitrogen and oxygen atoms in total. The summed E-state index contributed by atoms with van der Waals surface area (Å²) in [6.45, 7) is 6.09. The summed E-state index contributed by atoms with van der Waals surface area (Å²) in [5.41, 5.74) is 0.409. The highest BCUT2D eigenvalue weighted by Crippen LogP contribution is 2.32. The monoisotopic (exact) mass is 376 g/mol. The summed E-state index contributed by atoms with van der Waals surface area (Å²) in [6.07, 6.45) is 8.37. The number of hydrogen-bond donors (Lipinski definition) is 0. The standard InChI is InChI=1S/C21H32N2O4/c1-21(2,3)26-20(25)23-12-8-7-11-18(23)19(24)14-16-13-17(22-27-16)15-9-5-4-6-10-15/h13,15,18H,4-12,14H2,1-3H3/t18-/m0/s1. The Hall–Kier alpha value is -1.85. The molecule has 0 unspecified atom stereocenters. The van der Waals surface area contributed by atoms with Gasteiger partial charge in [0, 0.05) is 18.5 Å². The largest absolute Gasteiger partial charge is 0.444 e. The topological polar surface area (TPSA) is 72.6 Å². The summed E-state index contributed by atoms with van der Waals surface area (Å²) in [5.74, 6) is 1.07. The SMILES string of the molecule is CC(C)(C)OC(=O)N1CCCC[C@H]1C(=O)Cc1cc(C2CCCCC2)no1. The van der Waals surface area contributed by atoms with Gasteiger partial charge in [-0.25, -0.2) is 4.79 Å². The molecular formula is C21H32N2O4. The minimum absolute atomic E-state index is 0.00639. The van der Waals surface area contributed by atoms with Gasteiger partial charge in [-0.15, -0.1) is 0 Å². The quantitative estimate of drug-likeness (QED) is 0.766. The van der Waals surface area contributed by atoms with Gasteiger partial charge in [-0.05, 0) is 52.9 Å². The number of rotatable bonds is 4. The van der Waals surface area contributed by atoms with Crippen molar-refractivity contribution in [2.45, 2.75) is 96.1 Å². The first kappa shape index (κ1) is 19.9. The third-order valence-corrected chi connectivity index (χ3v) is 5.45. The van der Waals surface area contributed by atoms with E-state index in [-0.39, 0.29) is 12.2 Å². The summed E-state index contributed by atoms with van der Waals surface area (Å²) >= 11 is 0. The van der Waals surface area contributed by atoms with Crippen LogP contribution in [0.4, 0.5) is 4.79 Å².